The lowest BCUT2D eigenvalue weighted by atomic mass is 9.91. The lowest BCUT2D eigenvalue weighted by molar-refractivity contribution is 0.0355. The third kappa shape index (κ3) is 4.00. The number of Topliss-reactive ketones (excluding diaryl/α,β-unsaturated/α-hetero) is 1. The molecule has 1 aromatic heterocycles. The van der Waals surface area contributed by atoms with Crippen molar-refractivity contribution in [2.45, 2.75) is 24.9 Å². The monoisotopic (exact) mass is 386 g/mol. The zero-order valence-corrected chi connectivity index (χ0v) is 15.8. The number of rotatable bonds is 5. The topological polar surface area (TPSA) is 73.7 Å². The van der Waals surface area contributed by atoms with Gasteiger partial charge < -0.3 is 10.2 Å². The largest absolute Gasteiger partial charge is 0.506 e. The molecule has 2 aromatic rings. The molecule has 2 unspecified atom stereocenters. The summed E-state index contributed by atoms with van der Waals surface area (Å²) in [6, 6.07) is 10.7. The SMILES string of the molecule is O=C(CN1CC2CC(O)(Cc3ccccc3Cl)CC2C1)c1ccc(O)cn1. The molecule has 2 fully saturated rings. The van der Waals surface area contributed by atoms with Gasteiger partial charge in [0.15, 0.2) is 5.78 Å². The van der Waals surface area contributed by atoms with Gasteiger partial charge in [0.25, 0.3) is 0 Å². The van der Waals surface area contributed by atoms with E-state index >= 15 is 0 Å². The van der Waals surface area contributed by atoms with Gasteiger partial charge >= 0.3 is 0 Å². The molecule has 1 aliphatic heterocycles. The number of aromatic nitrogens is 1. The van der Waals surface area contributed by atoms with Gasteiger partial charge in [0, 0.05) is 24.5 Å². The van der Waals surface area contributed by atoms with Gasteiger partial charge in [-0.1, -0.05) is 29.8 Å². The van der Waals surface area contributed by atoms with E-state index in [-0.39, 0.29) is 11.5 Å². The average Bonchev–Trinajstić information content (AvgIpc) is 3.11. The lowest BCUT2D eigenvalue weighted by Gasteiger charge is -2.26. The lowest BCUT2D eigenvalue weighted by Crippen LogP contribution is -2.34. The summed E-state index contributed by atoms with van der Waals surface area (Å²) in [5.74, 6) is 0.817. The van der Waals surface area contributed by atoms with Gasteiger partial charge in [0.2, 0.25) is 0 Å². The molecule has 1 saturated carbocycles. The highest BCUT2D eigenvalue weighted by Gasteiger charge is 2.48. The van der Waals surface area contributed by atoms with Crippen molar-refractivity contribution in [1.82, 2.24) is 9.88 Å². The van der Waals surface area contributed by atoms with E-state index in [1.165, 1.54) is 12.3 Å². The van der Waals surface area contributed by atoms with Crippen molar-refractivity contribution in [1.29, 1.82) is 0 Å². The third-order valence-corrected chi connectivity index (χ3v) is 6.18. The van der Waals surface area contributed by atoms with Gasteiger partial charge in [-0.25, -0.2) is 4.98 Å². The molecule has 0 amide bonds. The number of hydrogen-bond donors (Lipinski definition) is 2. The molecule has 0 radical (unpaired) electrons. The fourth-order valence-corrected chi connectivity index (χ4v) is 4.87. The Balaban J connectivity index is 1.34. The van der Waals surface area contributed by atoms with E-state index in [1.807, 2.05) is 24.3 Å². The number of carbonyl (C=O) groups excluding carboxylic acids is 1. The van der Waals surface area contributed by atoms with Crippen molar-refractivity contribution in [2.75, 3.05) is 19.6 Å². The van der Waals surface area contributed by atoms with Crippen molar-refractivity contribution >= 4 is 17.4 Å². The maximum atomic E-state index is 12.4. The number of hydrogen-bond acceptors (Lipinski definition) is 5. The minimum absolute atomic E-state index is 0.0405. The van der Waals surface area contributed by atoms with Crippen LogP contribution in [0.25, 0.3) is 0 Å². The first-order valence-electron chi connectivity index (χ1n) is 9.28. The summed E-state index contributed by atoms with van der Waals surface area (Å²) < 4.78 is 0. The number of nitrogens with zero attached hydrogens (tertiary/aromatic N) is 2. The van der Waals surface area contributed by atoms with Crippen LogP contribution in [0.3, 0.4) is 0 Å². The maximum Gasteiger partial charge on any atom is 0.195 e. The minimum atomic E-state index is -0.713. The first-order valence-corrected chi connectivity index (χ1v) is 9.66. The Morgan fingerprint density at radius 3 is 2.52 bits per heavy atom. The Bertz CT molecular complexity index is 826. The molecule has 5 nitrogen and oxygen atoms in total. The highest BCUT2D eigenvalue weighted by atomic mass is 35.5. The Morgan fingerprint density at radius 2 is 1.89 bits per heavy atom. The van der Waals surface area contributed by atoms with E-state index in [1.54, 1.807) is 6.07 Å². The number of benzene rings is 1. The molecule has 1 aromatic carbocycles. The summed E-state index contributed by atoms with van der Waals surface area (Å²) in [7, 11) is 0. The summed E-state index contributed by atoms with van der Waals surface area (Å²) in [4.78, 5) is 18.5. The number of halogens is 1. The standard InChI is InChI=1S/C21H23ClN2O3/c22-18-4-2-1-3-14(18)7-21(27)8-15-11-24(12-16(15)9-21)13-20(26)19-6-5-17(25)10-23-19/h1-6,10,15-16,25,27H,7-9,11-13H2. The van der Waals surface area contributed by atoms with Crippen LogP contribution in [0.2, 0.25) is 5.02 Å². The van der Waals surface area contributed by atoms with Crippen LogP contribution in [0.4, 0.5) is 0 Å². The van der Waals surface area contributed by atoms with E-state index in [0.717, 1.165) is 31.5 Å². The van der Waals surface area contributed by atoms with Gasteiger partial charge in [-0.05, 0) is 48.4 Å². The van der Waals surface area contributed by atoms with E-state index in [2.05, 4.69) is 9.88 Å². The molecule has 0 spiro atoms. The van der Waals surface area contributed by atoms with Gasteiger partial charge in [0.05, 0.1) is 18.3 Å². The fraction of sp³-hybridized carbons (Fsp3) is 0.429. The minimum Gasteiger partial charge on any atom is -0.506 e. The predicted octanol–water partition coefficient (Wildman–Crippen LogP) is 2.94. The first kappa shape index (κ1) is 18.4. The second-order valence-corrected chi connectivity index (χ2v) is 8.35. The highest BCUT2D eigenvalue weighted by molar-refractivity contribution is 6.31. The molecular formula is C21H23ClN2O3. The fourth-order valence-electron chi connectivity index (χ4n) is 4.66. The zero-order valence-electron chi connectivity index (χ0n) is 15.0. The molecular weight excluding hydrogens is 364 g/mol. The zero-order chi connectivity index (χ0) is 19.0. The van der Waals surface area contributed by atoms with Gasteiger partial charge in [-0.15, -0.1) is 0 Å². The summed E-state index contributed by atoms with van der Waals surface area (Å²) in [6.45, 7) is 1.96. The molecule has 1 saturated heterocycles. The van der Waals surface area contributed by atoms with Crippen LogP contribution in [0, 0.1) is 11.8 Å². The smallest absolute Gasteiger partial charge is 0.195 e. The molecule has 4 rings (SSSR count). The van der Waals surface area contributed by atoms with Gasteiger partial charge in [-0.2, -0.15) is 0 Å². The van der Waals surface area contributed by atoms with E-state index in [9.17, 15) is 15.0 Å². The Hall–Kier alpha value is -1.95. The maximum absolute atomic E-state index is 12.4. The van der Waals surface area contributed by atoms with Crippen molar-refractivity contribution in [3.8, 4) is 5.75 Å². The summed E-state index contributed by atoms with van der Waals surface area (Å²) in [6.07, 6.45) is 3.35. The second kappa shape index (κ2) is 7.23. The molecule has 27 heavy (non-hydrogen) atoms. The number of aromatic hydroxyl groups is 1. The average molecular weight is 387 g/mol. The second-order valence-electron chi connectivity index (χ2n) is 7.94. The van der Waals surface area contributed by atoms with Crippen molar-refractivity contribution in [3.05, 3.63) is 58.9 Å². The Morgan fingerprint density at radius 1 is 1.19 bits per heavy atom. The van der Waals surface area contributed by atoms with Crippen LogP contribution in [-0.2, 0) is 6.42 Å². The molecule has 0 bridgehead atoms. The van der Waals surface area contributed by atoms with Gasteiger partial charge in [0.1, 0.15) is 11.4 Å². The van der Waals surface area contributed by atoms with Crippen LogP contribution in [-0.4, -0.2) is 51.1 Å². The normalized spacial score (nSPS) is 27.6. The molecule has 2 aliphatic rings. The van der Waals surface area contributed by atoms with Crippen LogP contribution >= 0.6 is 11.6 Å². The molecule has 2 N–H and O–H groups in total. The summed E-state index contributed by atoms with van der Waals surface area (Å²) in [5.41, 5.74) is 0.654. The van der Waals surface area contributed by atoms with Crippen LogP contribution in [0.5, 0.6) is 5.75 Å². The number of carbonyl (C=O) groups is 1. The number of likely N-dealkylation sites (tertiary alicyclic amines) is 1. The molecule has 2 atom stereocenters. The Kier molecular flexibility index (Phi) is 4.93. The van der Waals surface area contributed by atoms with Crippen LogP contribution in [0.1, 0.15) is 28.9 Å². The number of ketones is 1. The van der Waals surface area contributed by atoms with E-state index < -0.39 is 5.60 Å². The Labute approximate surface area is 163 Å². The van der Waals surface area contributed by atoms with Crippen molar-refractivity contribution in [2.24, 2.45) is 11.8 Å². The third-order valence-electron chi connectivity index (χ3n) is 5.81. The molecule has 142 valence electrons. The highest BCUT2D eigenvalue weighted by Crippen LogP contribution is 2.45. The predicted molar refractivity (Wildman–Crippen MR) is 103 cm³/mol. The number of fused-ring (bicyclic) bond motifs is 1. The first-order chi connectivity index (χ1) is 12.9. The van der Waals surface area contributed by atoms with Crippen molar-refractivity contribution in [3.63, 3.8) is 0 Å². The molecule has 1 aliphatic carbocycles. The molecule has 2 heterocycles. The number of aliphatic hydroxyl groups is 1. The van der Waals surface area contributed by atoms with Crippen LogP contribution < -0.4 is 0 Å². The number of pyridine rings is 1. The summed E-state index contributed by atoms with van der Waals surface area (Å²) in [5, 5.41) is 21.1. The van der Waals surface area contributed by atoms with Crippen LogP contribution in [0.15, 0.2) is 42.6 Å². The quantitative estimate of drug-likeness (QED) is 0.773. The van der Waals surface area contributed by atoms with Crippen molar-refractivity contribution < 1.29 is 15.0 Å². The molecule has 6 heteroatoms. The summed E-state index contributed by atoms with van der Waals surface area (Å²) >= 11 is 6.26. The van der Waals surface area contributed by atoms with Gasteiger partial charge in [-0.3, -0.25) is 9.69 Å². The van der Waals surface area contributed by atoms with E-state index in [4.69, 9.17) is 11.6 Å². The van der Waals surface area contributed by atoms with E-state index in [0.29, 0.717) is 35.5 Å².